The Morgan fingerprint density at radius 2 is 1.80 bits per heavy atom. The molecule has 2 aliphatic rings. The van der Waals surface area contributed by atoms with E-state index in [2.05, 4.69) is 18.7 Å². The zero-order valence-electron chi connectivity index (χ0n) is 10.3. The van der Waals surface area contributed by atoms with Crippen molar-refractivity contribution >= 4 is 0 Å². The maximum atomic E-state index is 6.01. The van der Waals surface area contributed by atoms with Gasteiger partial charge >= 0.3 is 0 Å². The summed E-state index contributed by atoms with van der Waals surface area (Å²) in [5.41, 5.74) is 6.29. The lowest BCUT2D eigenvalue weighted by atomic mass is 9.92. The number of hydrogen-bond donors (Lipinski definition) is 1. The summed E-state index contributed by atoms with van der Waals surface area (Å²) in [4.78, 5) is 2.64. The summed E-state index contributed by atoms with van der Waals surface area (Å²) >= 11 is 0. The quantitative estimate of drug-likeness (QED) is 0.698. The lowest BCUT2D eigenvalue weighted by Gasteiger charge is -2.40. The van der Waals surface area contributed by atoms with Crippen LogP contribution in [-0.4, -0.2) is 30.1 Å². The van der Waals surface area contributed by atoms with Crippen molar-refractivity contribution in [3.05, 3.63) is 0 Å². The number of rotatable bonds is 7. The molecule has 88 valence electrons. The first-order valence-electron chi connectivity index (χ1n) is 6.63. The molecule has 0 bridgehead atoms. The first-order valence-corrected chi connectivity index (χ1v) is 6.63. The molecule has 0 aromatic rings. The molecule has 2 rings (SSSR count). The molecule has 0 heterocycles. The molecule has 0 aromatic carbocycles. The molecule has 2 saturated carbocycles. The summed E-state index contributed by atoms with van der Waals surface area (Å²) in [5.74, 6) is 1.96. The van der Waals surface area contributed by atoms with Gasteiger partial charge in [0.1, 0.15) is 0 Å². The molecule has 0 amide bonds. The number of nitrogens with zero attached hydrogens (tertiary/aromatic N) is 1. The van der Waals surface area contributed by atoms with E-state index in [-0.39, 0.29) is 5.54 Å². The van der Waals surface area contributed by atoms with E-state index in [9.17, 15) is 0 Å². The second-order valence-corrected chi connectivity index (χ2v) is 5.83. The van der Waals surface area contributed by atoms with Crippen LogP contribution in [-0.2, 0) is 0 Å². The third-order valence-corrected chi connectivity index (χ3v) is 4.19. The van der Waals surface area contributed by atoms with Crippen molar-refractivity contribution in [2.75, 3.05) is 19.6 Å². The van der Waals surface area contributed by atoms with Gasteiger partial charge in [-0.3, -0.25) is 4.90 Å². The third kappa shape index (κ3) is 2.94. The summed E-state index contributed by atoms with van der Waals surface area (Å²) < 4.78 is 0. The second-order valence-electron chi connectivity index (χ2n) is 5.83. The topological polar surface area (TPSA) is 29.3 Å². The van der Waals surface area contributed by atoms with E-state index in [1.807, 2.05) is 0 Å². The van der Waals surface area contributed by atoms with Gasteiger partial charge in [0.25, 0.3) is 0 Å². The van der Waals surface area contributed by atoms with Crippen molar-refractivity contribution in [3.8, 4) is 0 Å². The van der Waals surface area contributed by atoms with Crippen LogP contribution in [0.25, 0.3) is 0 Å². The normalized spacial score (nSPS) is 25.6. The van der Waals surface area contributed by atoms with E-state index in [0.29, 0.717) is 0 Å². The van der Waals surface area contributed by atoms with Crippen molar-refractivity contribution in [2.45, 2.75) is 51.5 Å². The Balaban J connectivity index is 1.92. The first-order chi connectivity index (χ1) is 7.18. The van der Waals surface area contributed by atoms with Gasteiger partial charge in [-0.2, -0.15) is 0 Å². The van der Waals surface area contributed by atoms with E-state index in [4.69, 9.17) is 5.73 Å². The van der Waals surface area contributed by atoms with Crippen LogP contribution in [0.3, 0.4) is 0 Å². The lowest BCUT2D eigenvalue weighted by molar-refractivity contribution is 0.0963. The minimum Gasteiger partial charge on any atom is -0.329 e. The molecule has 2 aliphatic carbocycles. The Morgan fingerprint density at radius 3 is 2.20 bits per heavy atom. The fourth-order valence-electron chi connectivity index (χ4n) is 2.63. The SMILES string of the molecule is CCN(CC1CC1)C(C)(CN)CC1CC1. The minimum atomic E-state index is 0.276. The Morgan fingerprint density at radius 1 is 1.20 bits per heavy atom. The highest BCUT2D eigenvalue weighted by Crippen LogP contribution is 2.40. The summed E-state index contributed by atoms with van der Waals surface area (Å²) in [6.45, 7) is 7.93. The van der Waals surface area contributed by atoms with Gasteiger partial charge < -0.3 is 5.73 Å². The monoisotopic (exact) mass is 210 g/mol. The predicted octanol–water partition coefficient (Wildman–Crippen LogP) is 2.24. The number of nitrogens with two attached hydrogens (primary N) is 1. The van der Waals surface area contributed by atoms with Crippen LogP contribution >= 0.6 is 0 Å². The van der Waals surface area contributed by atoms with E-state index in [0.717, 1.165) is 24.9 Å². The zero-order chi connectivity index (χ0) is 10.9. The fraction of sp³-hybridized carbons (Fsp3) is 1.00. The molecule has 0 aromatic heterocycles. The van der Waals surface area contributed by atoms with E-state index in [1.165, 1.54) is 38.6 Å². The van der Waals surface area contributed by atoms with Gasteiger partial charge in [0, 0.05) is 18.6 Å². The van der Waals surface area contributed by atoms with Gasteiger partial charge in [-0.15, -0.1) is 0 Å². The van der Waals surface area contributed by atoms with Crippen molar-refractivity contribution in [1.29, 1.82) is 0 Å². The van der Waals surface area contributed by atoms with Gasteiger partial charge in [0.05, 0.1) is 0 Å². The molecule has 0 saturated heterocycles. The van der Waals surface area contributed by atoms with Crippen LogP contribution in [0.5, 0.6) is 0 Å². The maximum absolute atomic E-state index is 6.01. The minimum absolute atomic E-state index is 0.276. The summed E-state index contributed by atoms with van der Waals surface area (Å²) in [6, 6.07) is 0. The van der Waals surface area contributed by atoms with Gasteiger partial charge in [-0.25, -0.2) is 0 Å². The largest absolute Gasteiger partial charge is 0.329 e. The summed E-state index contributed by atoms with van der Waals surface area (Å²) in [6.07, 6.45) is 7.10. The van der Waals surface area contributed by atoms with E-state index in [1.54, 1.807) is 0 Å². The standard InChI is InChI=1S/C13H26N2/c1-3-15(9-12-6-7-12)13(2,10-14)8-11-4-5-11/h11-12H,3-10,14H2,1-2H3. The molecule has 0 spiro atoms. The van der Waals surface area contributed by atoms with Gasteiger partial charge in [-0.05, 0) is 44.6 Å². The highest BCUT2D eigenvalue weighted by atomic mass is 15.2. The Bertz CT molecular complexity index is 209. The van der Waals surface area contributed by atoms with Crippen LogP contribution in [0, 0.1) is 11.8 Å². The van der Waals surface area contributed by atoms with Gasteiger partial charge in [-0.1, -0.05) is 19.8 Å². The highest BCUT2D eigenvalue weighted by molar-refractivity contribution is 4.94. The maximum Gasteiger partial charge on any atom is 0.0306 e. The van der Waals surface area contributed by atoms with Crippen molar-refractivity contribution in [3.63, 3.8) is 0 Å². The molecule has 2 N–H and O–H groups in total. The van der Waals surface area contributed by atoms with Crippen LogP contribution in [0.2, 0.25) is 0 Å². The van der Waals surface area contributed by atoms with Crippen molar-refractivity contribution < 1.29 is 0 Å². The molecular weight excluding hydrogens is 184 g/mol. The zero-order valence-corrected chi connectivity index (χ0v) is 10.3. The highest BCUT2D eigenvalue weighted by Gasteiger charge is 2.38. The second kappa shape index (κ2) is 4.42. The third-order valence-electron chi connectivity index (χ3n) is 4.19. The summed E-state index contributed by atoms with van der Waals surface area (Å²) in [5, 5.41) is 0. The Labute approximate surface area is 94.2 Å². The van der Waals surface area contributed by atoms with Gasteiger partial charge in [0.15, 0.2) is 0 Å². The fourth-order valence-corrected chi connectivity index (χ4v) is 2.63. The van der Waals surface area contributed by atoms with Gasteiger partial charge in [0.2, 0.25) is 0 Å². The van der Waals surface area contributed by atoms with Crippen LogP contribution in [0.4, 0.5) is 0 Å². The van der Waals surface area contributed by atoms with E-state index >= 15 is 0 Å². The average Bonchev–Trinajstić information content (AvgIpc) is 3.08. The molecule has 1 unspecified atom stereocenters. The van der Waals surface area contributed by atoms with Crippen molar-refractivity contribution in [2.24, 2.45) is 17.6 Å². The average molecular weight is 210 g/mol. The molecule has 2 nitrogen and oxygen atoms in total. The van der Waals surface area contributed by atoms with E-state index < -0.39 is 0 Å². The molecule has 2 fully saturated rings. The summed E-state index contributed by atoms with van der Waals surface area (Å²) in [7, 11) is 0. The number of hydrogen-bond acceptors (Lipinski definition) is 2. The lowest BCUT2D eigenvalue weighted by Crippen LogP contribution is -2.52. The molecule has 1 atom stereocenters. The molecule has 15 heavy (non-hydrogen) atoms. The number of likely N-dealkylation sites (N-methyl/N-ethyl adjacent to an activating group) is 1. The Hall–Kier alpha value is -0.0800. The molecular formula is C13H26N2. The first kappa shape index (κ1) is 11.4. The molecule has 2 heteroatoms. The Kier molecular flexibility index (Phi) is 3.36. The smallest absolute Gasteiger partial charge is 0.0306 e. The predicted molar refractivity (Wildman–Crippen MR) is 64.8 cm³/mol. The van der Waals surface area contributed by atoms with Crippen LogP contribution < -0.4 is 5.73 Å². The van der Waals surface area contributed by atoms with Crippen molar-refractivity contribution in [1.82, 2.24) is 4.90 Å². The van der Waals surface area contributed by atoms with Crippen LogP contribution in [0.1, 0.15) is 46.0 Å². The molecule has 0 aliphatic heterocycles. The van der Waals surface area contributed by atoms with Crippen LogP contribution in [0.15, 0.2) is 0 Å². The molecule has 0 radical (unpaired) electrons.